The average Bonchev–Trinajstić information content (AvgIpc) is 3.63. The number of ether oxygens (including phenoxy) is 2. The molecule has 6 rings (SSSR count). The van der Waals surface area contributed by atoms with Crippen molar-refractivity contribution in [1.82, 2.24) is 10.2 Å². The molecule has 8 heteroatoms. The number of nitrogens with one attached hydrogen (secondary N) is 2. The van der Waals surface area contributed by atoms with Gasteiger partial charge in [-0.1, -0.05) is 77.0 Å². The summed E-state index contributed by atoms with van der Waals surface area (Å²) in [6.07, 6.45) is 6.27. The first kappa shape index (κ1) is 29.4. The van der Waals surface area contributed by atoms with E-state index < -0.39 is 29.6 Å². The Labute approximate surface area is 254 Å². The fourth-order valence-electron chi connectivity index (χ4n) is 7.59. The fraction of sp³-hybridized carbons (Fsp3) is 0.514. The highest BCUT2D eigenvalue weighted by Crippen LogP contribution is 2.55. The topological polar surface area (TPSA) is 97.0 Å². The standard InChI is InChI=1S/C35H43N3O5/c1-20(2)24-11-13-25(14-12-24)36-32(39)29-28-17-18-35(43-28)30(29)34(41)38(19-23-9-15-26(42-5)16-10-23)31(35)33(40)37-27-8-6-7-21(3)22(27)4/h9-18,20-22,27-31H,6-8,19H2,1-5H3,(H,36,39)(H,37,40). The van der Waals surface area contributed by atoms with E-state index in [1.807, 2.05) is 60.7 Å². The van der Waals surface area contributed by atoms with Gasteiger partial charge in [-0.15, -0.1) is 0 Å². The van der Waals surface area contributed by atoms with Gasteiger partial charge in [0.2, 0.25) is 17.7 Å². The number of fused-ring (bicyclic) bond motifs is 1. The Morgan fingerprint density at radius 1 is 1.05 bits per heavy atom. The number of carbonyl (C=O) groups excluding carboxylic acids is 3. The van der Waals surface area contributed by atoms with Gasteiger partial charge < -0.3 is 25.0 Å². The van der Waals surface area contributed by atoms with Gasteiger partial charge in [0.1, 0.15) is 17.4 Å². The second-order valence-corrected chi connectivity index (χ2v) is 13.2. The second-order valence-electron chi connectivity index (χ2n) is 13.2. The Balaban J connectivity index is 1.30. The van der Waals surface area contributed by atoms with Crippen LogP contribution >= 0.6 is 0 Å². The molecule has 2 aromatic carbocycles. The molecule has 8 unspecified atom stereocenters. The van der Waals surface area contributed by atoms with Crippen molar-refractivity contribution >= 4 is 23.4 Å². The molecule has 2 aromatic rings. The van der Waals surface area contributed by atoms with Crippen molar-refractivity contribution in [3.63, 3.8) is 0 Å². The van der Waals surface area contributed by atoms with Gasteiger partial charge in [0.05, 0.1) is 25.0 Å². The molecule has 8 nitrogen and oxygen atoms in total. The Bertz CT molecular complexity index is 1400. The Morgan fingerprint density at radius 3 is 2.44 bits per heavy atom. The highest BCUT2D eigenvalue weighted by atomic mass is 16.5. The molecule has 3 heterocycles. The zero-order valence-corrected chi connectivity index (χ0v) is 25.7. The molecular weight excluding hydrogens is 542 g/mol. The van der Waals surface area contributed by atoms with Crippen LogP contribution in [0.15, 0.2) is 60.7 Å². The van der Waals surface area contributed by atoms with Crippen molar-refractivity contribution in [2.45, 2.75) is 83.2 Å². The van der Waals surface area contributed by atoms with Crippen molar-refractivity contribution in [3.05, 3.63) is 71.8 Å². The number of benzene rings is 2. The minimum Gasteiger partial charge on any atom is -0.497 e. The van der Waals surface area contributed by atoms with Crippen molar-refractivity contribution < 1.29 is 23.9 Å². The molecule has 3 aliphatic heterocycles. The monoisotopic (exact) mass is 585 g/mol. The number of carbonyl (C=O) groups is 3. The first-order chi connectivity index (χ1) is 20.6. The second kappa shape index (κ2) is 11.5. The summed E-state index contributed by atoms with van der Waals surface area (Å²) in [6, 6.07) is 14.4. The van der Waals surface area contributed by atoms with Crippen LogP contribution in [-0.4, -0.2) is 53.5 Å². The largest absolute Gasteiger partial charge is 0.497 e. The molecule has 3 amide bonds. The molecule has 2 saturated heterocycles. The number of nitrogens with zero attached hydrogens (tertiary/aromatic N) is 1. The molecule has 4 aliphatic rings. The summed E-state index contributed by atoms with van der Waals surface area (Å²) in [5.74, 6) is -0.335. The minimum absolute atomic E-state index is 0.0279. The Morgan fingerprint density at radius 2 is 1.77 bits per heavy atom. The zero-order chi connectivity index (χ0) is 30.5. The first-order valence-corrected chi connectivity index (χ1v) is 15.6. The predicted octanol–water partition coefficient (Wildman–Crippen LogP) is 5.05. The normalized spacial score (nSPS) is 32.7. The molecule has 1 saturated carbocycles. The SMILES string of the molecule is COc1ccc(CN2C(=O)C3C(C(=O)Nc4ccc(C(C)C)cc4)C4C=CC3(O4)C2C(=O)NC2CCCC(C)C2C)cc1. The molecule has 1 aliphatic carbocycles. The van der Waals surface area contributed by atoms with Gasteiger partial charge in [-0.25, -0.2) is 0 Å². The molecule has 2 N–H and O–H groups in total. The van der Waals surface area contributed by atoms with Crippen LogP contribution in [0.4, 0.5) is 5.69 Å². The number of hydrogen-bond donors (Lipinski definition) is 2. The van der Waals surface area contributed by atoms with E-state index in [1.54, 1.807) is 12.0 Å². The van der Waals surface area contributed by atoms with Gasteiger partial charge in [0, 0.05) is 18.3 Å². The van der Waals surface area contributed by atoms with Crippen LogP contribution in [0.5, 0.6) is 5.75 Å². The molecule has 8 atom stereocenters. The third-order valence-electron chi connectivity index (χ3n) is 10.3. The number of rotatable bonds is 8. The summed E-state index contributed by atoms with van der Waals surface area (Å²) in [5.41, 5.74) is 1.52. The van der Waals surface area contributed by atoms with E-state index in [0.717, 1.165) is 24.8 Å². The highest BCUT2D eigenvalue weighted by Gasteiger charge is 2.72. The van der Waals surface area contributed by atoms with Crippen LogP contribution in [0.3, 0.4) is 0 Å². The van der Waals surface area contributed by atoms with Crippen molar-refractivity contribution in [3.8, 4) is 5.75 Å². The molecule has 43 heavy (non-hydrogen) atoms. The summed E-state index contributed by atoms with van der Waals surface area (Å²) in [5, 5.41) is 6.34. The maximum absolute atomic E-state index is 14.3. The quantitative estimate of drug-likeness (QED) is 0.423. The van der Waals surface area contributed by atoms with Crippen LogP contribution in [-0.2, 0) is 25.7 Å². The Kier molecular flexibility index (Phi) is 7.84. The number of likely N-dealkylation sites (tertiary alicyclic amines) is 1. The van der Waals surface area contributed by atoms with Crippen LogP contribution in [0.2, 0.25) is 0 Å². The van der Waals surface area contributed by atoms with Crippen LogP contribution in [0.1, 0.15) is 64.0 Å². The van der Waals surface area contributed by atoms with Crippen molar-refractivity contribution in [2.75, 3.05) is 12.4 Å². The van der Waals surface area contributed by atoms with E-state index in [1.165, 1.54) is 5.56 Å². The van der Waals surface area contributed by atoms with Crippen LogP contribution < -0.4 is 15.4 Å². The van der Waals surface area contributed by atoms with Gasteiger partial charge in [-0.05, 0) is 59.6 Å². The molecule has 2 bridgehead atoms. The van der Waals surface area contributed by atoms with E-state index in [9.17, 15) is 14.4 Å². The zero-order valence-electron chi connectivity index (χ0n) is 25.7. The first-order valence-electron chi connectivity index (χ1n) is 15.6. The Hall–Kier alpha value is -3.65. The molecule has 3 fully saturated rings. The maximum Gasteiger partial charge on any atom is 0.246 e. The lowest BCUT2D eigenvalue weighted by Gasteiger charge is -2.38. The maximum atomic E-state index is 14.3. The predicted molar refractivity (Wildman–Crippen MR) is 164 cm³/mol. The fourth-order valence-corrected chi connectivity index (χ4v) is 7.59. The van der Waals surface area contributed by atoms with E-state index in [0.29, 0.717) is 29.2 Å². The average molecular weight is 586 g/mol. The molecule has 228 valence electrons. The van der Waals surface area contributed by atoms with Crippen LogP contribution in [0.25, 0.3) is 0 Å². The number of anilines is 1. The molecule has 0 aromatic heterocycles. The third-order valence-corrected chi connectivity index (χ3v) is 10.3. The number of amides is 3. The van der Waals surface area contributed by atoms with Crippen molar-refractivity contribution in [2.24, 2.45) is 23.7 Å². The lowest BCUT2D eigenvalue weighted by Crippen LogP contribution is -2.57. The summed E-state index contributed by atoms with van der Waals surface area (Å²) >= 11 is 0. The van der Waals surface area contributed by atoms with Gasteiger partial charge in [-0.2, -0.15) is 0 Å². The summed E-state index contributed by atoms with van der Waals surface area (Å²) < 4.78 is 11.8. The molecule has 0 radical (unpaired) electrons. The van der Waals surface area contributed by atoms with E-state index >= 15 is 0 Å². The summed E-state index contributed by atoms with van der Waals surface area (Å²) in [7, 11) is 1.61. The van der Waals surface area contributed by atoms with Gasteiger partial charge in [0.15, 0.2) is 0 Å². The van der Waals surface area contributed by atoms with Gasteiger partial charge in [-0.3, -0.25) is 14.4 Å². The van der Waals surface area contributed by atoms with E-state index in [-0.39, 0.29) is 30.3 Å². The summed E-state index contributed by atoms with van der Waals surface area (Å²) in [6.45, 7) is 8.89. The molecular formula is C35H43N3O5. The van der Waals surface area contributed by atoms with E-state index in [4.69, 9.17) is 9.47 Å². The number of hydrogen-bond acceptors (Lipinski definition) is 5. The lowest BCUT2D eigenvalue weighted by atomic mass is 9.73. The lowest BCUT2D eigenvalue weighted by molar-refractivity contribution is -0.142. The van der Waals surface area contributed by atoms with Crippen molar-refractivity contribution in [1.29, 1.82) is 0 Å². The highest BCUT2D eigenvalue weighted by molar-refractivity contribution is 6.02. The number of methoxy groups -OCH3 is 1. The minimum atomic E-state index is -1.20. The third kappa shape index (κ3) is 5.13. The summed E-state index contributed by atoms with van der Waals surface area (Å²) in [4.78, 5) is 44.0. The van der Waals surface area contributed by atoms with Gasteiger partial charge in [0.25, 0.3) is 0 Å². The van der Waals surface area contributed by atoms with Gasteiger partial charge >= 0.3 is 0 Å². The van der Waals surface area contributed by atoms with Crippen LogP contribution in [0, 0.1) is 23.7 Å². The smallest absolute Gasteiger partial charge is 0.246 e. The van der Waals surface area contributed by atoms with E-state index in [2.05, 4.69) is 38.3 Å². The molecule has 1 spiro atoms.